The molecule has 1 rings (SSSR count). The topological polar surface area (TPSA) is 32.3 Å². The molecular weight excluding hydrogens is 188 g/mol. The first kappa shape index (κ1) is 12.5. The van der Waals surface area contributed by atoms with Crippen LogP contribution in [-0.2, 0) is 4.79 Å². The van der Waals surface area contributed by atoms with Gasteiger partial charge in [-0.05, 0) is 38.4 Å². The standard InChI is InChI=1S/C12H24N2O/c1-10(2)11(15)13-9-12(3)5-7-14(4)8-6-12/h10H,5-9H2,1-4H3,(H,13,15). The fourth-order valence-corrected chi connectivity index (χ4v) is 1.84. The highest BCUT2D eigenvalue weighted by molar-refractivity contribution is 5.77. The van der Waals surface area contributed by atoms with Crippen LogP contribution in [0, 0.1) is 11.3 Å². The van der Waals surface area contributed by atoms with Gasteiger partial charge in [0.1, 0.15) is 0 Å². The van der Waals surface area contributed by atoms with E-state index in [1.165, 1.54) is 12.8 Å². The normalized spacial score (nSPS) is 21.7. The number of piperidine rings is 1. The van der Waals surface area contributed by atoms with E-state index in [0.717, 1.165) is 19.6 Å². The van der Waals surface area contributed by atoms with Crippen molar-refractivity contribution in [2.45, 2.75) is 33.6 Å². The number of likely N-dealkylation sites (tertiary alicyclic amines) is 1. The van der Waals surface area contributed by atoms with Gasteiger partial charge in [0.25, 0.3) is 0 Å². The van der Waals surface area contributed by atoms with E-state index in [1.807, 2.05) is 13.8 Å². The van der Waals surface area contributed by atoms with Crippen molar-refractivity contribution in [3.05, 3.63) is 0 Å². The monoisotopic (exact) mass is 212 g/mol. The molecule has 0 unspecified atom stereocenters. The molecule has 0 bridgehead atoms. The van der Waals surface area contributed by atoms with Crippen molar-refractivity contribution >= 4 is 5.91 Å². The van der Waals surface area contributed by atoms with E-state index in [2.05, 4.69) is 24.2 Å². The lowest BCUT2D eigenvalue weighted by Crippen LogP contribution is -2.44. The molecule has 3 heteroatoms. The van der Waals surface area contributed by atoms with Crippen LogP contribution in [0.5, 0.6) is 0 Å². The quantitative estimate of drug-likeness (QED) is 0.768. The van der Waals surface area contributed by atoms with E-state index >= 15 is 0 Å². The summed E-state index contributed by atoms with van der Waals surface area (Å²) in [6.45, 7) is 9.28. The van der Waals surface area contributed by atoms with Gasteiger partial charge >= 0.3 is 0 Å². The molecule has 0 atom stereocenters. The minimum Gasteiger partial charge on any atom is -0.355 e. The van der Waals surface area contributed by atoms with E-state index in [4.69, 9.17) is 0 Å². The fraction of sp³-hybridized carbons (Fsp3) is 0.917. The molecule has 1 saturated heterocycles. The fourth-order valence-electron chi connectivity index (χ4n) is 1.84. The van der Waals surface area contributed by atoms with Crippen LogP contribution in [0.2, 0.25) is 0 Å². The van der Waals surface area contributed by atoms with E-state index < -0.39 is 0 Å². The van der Waals surface area contributed by atoms with Crippen molar-refractivity contribution in [3.8, 4) is 0 Å². The smallest absolute Gasteiger partial charge is 0.222 e. The highest BCUT2D eigenvalue weighted by Gasteiger charge is 2.29. The van der Waals surface area contributed by atoms with Crippen molar-refractivity contribution < 1.29 is 4.79 Å². The molecule has 1 aliphatic heterocycles. The SMILES string of the molecule is CC(C)C(=O)NCC1(C)CCN(C)CC1. The van der Waals surface area contributed by atoms with E-state index in [0.29, 0.717) is 5.41 Å². The third-order valence-electron chi connectivity index (χ3n) is 3.41. The van der Waals surface area contributed by atoms with Gasteiger partial charge in [0.05, 0.1) is 0 Å². The molecule has 1 N–H and O–H groups in total. The molecule has 15 heavy (non-hydrogen) atoms. The van der Waals surface area contributed by atoms with Crippen LogP contribution in [0.25, 0.3) is 0 Å². The molecule has 0 aromatic heterocycles. The van der Waals surface area contributed by atoms with E-state index in [1.54, 1.807) is 0 Å². The maximum absolute atomic E-state index is 11.5. The minimum absolute atomic E-state index is 0.0971. The number of nitrogens with one attached hydrogen (secondary N) is 1. The van der Waals surface area contributed by atoms with Gasteiger partial charge in [-0.1, -0.05) is 20.8 Å². The molecule has 0 aliphatic carbocycles. The zero-order chi connectivity index (χ0) is 11.5. The molecule has 0 saturated carbocycles. The van der Waals surface area contributed by atoms with Crippen LogP contribution < -0.4 is 5.32 Å². The molecule has 0 radical (unpaired) electrons. The molecule has 1 aliphatic rings. The van der Waals surface area contributed by atoms with Crippen LogP contribution in [0.15, 0.2) is 0 Å². The third-order valence-corrected chi connectivity index (χ3v) is 3.41. The molecule has 3 nitrogen and oxygen atoms in total. The molecule has 1 heterocycles. The molecule has 88 valence electrons. The first-order valence-electron chi connectivity index (χ1n) is 5.89. The number of carbonyl (C=O) groups excluding carboxylic acids is 1. The van der Waals surface area contributed by atoms with Crippen LogP contribution in [0.1, 0.15) is 33.6 Å². The van der Waals surface area contributed by atoms with Crippen LogP contribution >= 0.6 is 0 Å². The zero-order valence-corrected chi connectivity index (χ0v) is 10.5. The number of hydrogen-bond acceptors (Lipinski definition) is 2. The van der Waals surface area contributed by atoms with E-state index in [-0.39, 0.29) is 11.8 Å². The van der Waals surface area contributed by atoms with Crippen LogP contribution in [0.4, 0.5) is 0 Å². The average molecular weight is 212 g/mol. The predicted octanol–water partition coefficient (Wildman–Crippen LogP) is 1.49. The zero-order valence-electron chi connectivity index (χ0n) is 10.5. The highest BCUT2D eigenvalue weighted by atomic mass is 16.1. The number of amides is 1. The van der Waals surface area contributed by atoms with Crippen LogP contribution in [0.3, 0.4) is 0 Å². The minimum atomic E-state index is 0.0971. The second kappa shape index (κ2) is 4.97. The Kier molecular flexibility index (Phi) is 4.14. The van der Waals surface area contributed by atoms with Crippen LogP contribution in [-0.4, -0.2) is 37.5 Å². The predicted molar refractivity (Wildman–Crippen MR) is 62.7 cm³/mol. The maximum atomic E-state index is 11.5. The molecular formula is C12H24N2O. The third kappa shape index (κ3) is 3.82. The lowest BCUT2D eigenvalue weighted by molar-refractivity contribution is -0.124. The Bertz CT molecular complexity index is 218. The largest absolute Gasteiger partial charge is 0.355 e. The van der Waals surface area contributed by atoms with Gasteiger partial charge in [0.15, 0.2) is 0 Å². The molecule has 1 amide bonds. The van der Waals surface area contributed by atoms with Crippen molar-refractivity contribution in [3.63, 3.8) is 0 Å². The Morgan fingerprint density at radius 2 is 1.93 bits per heavy atom. The summed E-state index contributed by atoms with van der Waals surface area (Å²) in [4.78, 5) is 13.8. The summed E-state index contributed by atoms with van der Waals surface area (Å²) >= 11 is 0. The second-order valence-corrected chi connectivity index (χ2v) is 5.49. The summed E-state index contributed by atoms with van der Waals surface area (Å²) in [5.41, 5.74) is 0.303. The van der Waals surface area contributed by atoms with Gasteiger partial charge in [-0.3, -0.25) is 4.79 Å². The van der Waals surface area contributed by atoms with Gasteiger partial charge in [-0.2, -0.15) is 0 Å². The van der Waals surface area contributed by atoms with Gasteiger partial charge in [-0.25, -0.2) is 0 Å². The van der Waals surface area contributed by atoms with Crippen molar-refractivity contribution in [2.24, 2.45) is 11.3 Å². The van der Waals surface area contributed by atoms with Gasteiger partial charge < -0.3 is 10.2 Å². The van der Waals surface area contributed by atoms with Crippen molar-refractivity contribution in [2.75, 3.05) is 26.7 Å². The summed E-state index contributed by atoms with van der Waals surface area (Å²) in [6, 6.07) is 0. The number of rotatable bonds is 3. The van der Waals surface area contributed by atoms with Gasteiger partial charge in [0, 0.05) is 12.5 Å². The van der Waals surface area contributed by atoms with Gasteiger partial charge in [0.2, 0.25) is 5.91 Å². The average Bonchev–Trinajstić information content (AvgIpc) is 2.19. The lowest BCUT2D eigenvalue weighted by atomic mass is 9.80. The number of carbonyl (C=O) groups is 1. The Morgan fingerprint density at radius 3 is 2.40 bits per heavy atom. The molecule has 1 fully saturated rings. The Morgan fingerprint density at radius 1 is 1.40 bits per heavy atom. The summed E-state index contributed by atoms with van der Waals surface area (Å²) < 4.78 is 0. The summed E-state index contributed by atoms with van der Waals surface area (Å²) in [5.74, 6) is 0.273. The Hall–Kier alpha value is -0.570. The van der Waals surface area contributed by atoms with E-state index in [9.17, 15) is 4.79 Å². The lowest BCUT2D eigenvalue weighted by Gasteiger charge is -2.38. The molecule has 0 aromatic carbocycles. The Balaban J connectivity index is 2.34. The second-order valence-electron chi connectivity index (χ2n) is 5.49. The van der Waals surface area contributed by atoms with Gasteiger partial charge in [-0.15, -0.1) is 0 Å². The number of nitrogens with zero attached hydrogens (tertiary/aromatic N) is 1. The number of hydrogen-bond donors (Lipinski definition) is 1. The molecule has 0 spiro atoms. The summed E-state index contributed by atoms with van der Waals surface area (Å²) in [5, 5.41) is 3.05. The summed E-state index contributed by atoms with van der Waals surface area (Å²) in [7, 11) is 2.16. The Labute approximate surface area is 93.2 Å². The first-order chi connectivity index (χ1) is 6.93. The first-order valence-corrected chi connectivity index (χ1v) is 5.89. The summed E-state index contributed by atoms with van der Waals surface area (Å²) in [6.07, 6.45) is 2.36. The maximum Gasteiger partial charge on any atom is 0.222 e. The van der Waals surface area contributed by atoms with Crippen molar-refractivity contribution in [1.29, 1.82) is 0 Å². The highest BCUT2D eigenvalue weighted by Crippen LogP contribution is 2.29. The van der Waals surface area contributed by atoms with Crippen molar-refractivity contribution in [1.82, 2.24) is 10.2 Å². The molecule has 0 aromatic rings.